The van der Waals surface area contributed by atoms with Crippen LogP contribution in [-0.4, -0.2) is 59.3 Å². The maximum absolute atomic E-state index is 13.8. The molecule has 1 N–H and O–H groups in total. The molecule has 12 nitrogen and oxygen atoms in total. The molecule has 13 aromatic carbocycles. The number of amides is 6. The van der Waals surface area contributed by atoms with Crippen molar-refractivity contribution in [2.45, 2.75) is 6.54 Å². The van der Waals surface area contributed by atoms with Crippen LogP contribution in [0, 0.1) is 6.57 Å². The van der Waals surface area contributed by atoms with Crippen LogP contribution in [0.2, 0.25) is 0 Å². The van der Waals surface area contributed by atoms with Gasteiger partial charge in [-0.15, -0.1) is 0 Å². The molecule has 0 radical (unpaired) electrons. The fourth-order valence-electron chi connectivity index (χ4n) is 12.9. The van der Waals surface area contributed by atoms with Crippen LogP contribution in [-0.2, 0) is 35.3 Å². The average molecular weight is 1720 g/mol. The third-order valence-electron chi connectivity index (χ3n) is 18.1. The van der Waals surface area contributed by atoms with E-state index < -0.39 is 0 Å². The van der Waals surface area contributed by atoms with Crippen LogP contribution in [0.5, 0.6) is 0 Å². The van der Waals surface area contributed by atoms with Crippen molar-refractivity contribution in [2.24, 2.45) is 0 Å². The van der Waals surface area contributed by atoms with Crippen molar-refractivity contribution in [1.82, 2.24) is 15.1 Å². The highest BCUT2D eigenvalue weighted by Crippen LogP contribution is 2.44. The summed E-state index contributed by atoms with van der Waals surface area (Å²) < 4.78 is 4.74. The summed E-state index contributed by atoms with van der Waals surface area (Å²) in [6, 6.07) is 103. The van der Waals surface area contributed by atoms with Gasteiger partial charge >= 0.3 is 0 Å². The number of imide groups is 3. The Balaban J connectivity index is 0.000000155. The van der Waals surface area contributed by atoms with Gasteiger partial charge in [-0.25, -0.2) is 6.57 Å². The Morgan fingerprint density at radius 3 is 0.860 bits per heavy atom. The molecule has 522 valence electrons. The van der Waals surface area contributed by atoms with Gasteiger partial charge < -0.3 is 14.6 Å². The quantitative estimate of drug-likeness (QED) is 0.0892. The summed E-state index contributed by atoms with van der Waals surface area (Å²) in [6.45, 7) is 7.09. The normalized spacial score (nSPS) is 13.3. The molecule has 0 spiro atoms. The molecule has 107 heavy (non-hydrogen) atoms. The number of likely N-dealkylation sites (N-methyl/N-ethyl adjacent to an activating group) is 2. The third-order valence-corrected chi connectivity index (χ3v) is 20.7. The molecule has 3 heterocycles. The van der Waals surface area contributed by atoms with E-state index in [9.17, 15) is 28.8 Å². The van der Waals surface area contributed by atoms with Crippen LogP contribution in [0.15, 0.2) is 338 Å². The van der Waals surface area contributed by atoms with Crippen molar-refractivity contribution in [1.29, 1.82) is 0 Å². The second-order valence-corrected chi connectivity index (χ2v) is 29.4. The Kier molecular flexibility index (Phi) is 23.0. The number of carbonyl (C=O) groups is 6. The summed E-state index contributed by atoms with van der Waals surface area (Å²) in [5.74, 6) is -1.90. The number of para-hydroxylation sites is 2. The van der Waals surface area contributed by atoms with Crippen molar-refractivity contribution in [3.05, 3.63) is 388 Å². The molecule has 0 saturated carbocycles. The predicted molar refractivity (Wildman–Crippen MR) is 447 cm³/mol. The highest BCUT2D eigenvalue weighted by molar-refractivity contribution is 9.11. The summed E-state index contributed by atoms with van der Waals surface area (Å²) >= 11 is 16.8. The van der Waals surface area contributed by atoms with Crippen LogP contribution in [0.3, 0.4) is 0 Å². The first kappa shape index (κ1) is 73.8. The fraction of sp³-hybridized carbons (Fsp3) is 0.0333. The van der Waals surface area contributed by atoms with E-state index in [0.29, 0.717) is 51.1 Å². The Bertz CT molecular complexity index is 5380. The number of fused-ring (bicyclic) bond motifs is 2. The largest absolute Gasteiger partial charge is 0.312 e. The van der Waals surface area contributed by atoms with E-state index in [1.54, 1.807) is 7.05 Å². The molecule has 0 aromatic heterocycles. The lowest BCUT2D eigenvalue weighted by Gasteiger charge is -2.27. The fourth-order valence-corrected chi connectivity index (χ4v) is 14.2. The first-order chi connectivity index (χ1) is 51.9. The van der Waals surface area contributed by atoms with Crippen molar-refractivity contribution in [2.75, 3.05) is 23.9 Å². The lowest BCUT2D eigenvalue weighted by molar-refractivity contribution is -0.135. The molecular formula is C90H61Br5N6O6. The van der Waals surface area contributed by atoms with Crippen LogP contribution < -0.4 is 15.1 Å². The summed E-state index contributed by atoms with van der Waals surface area (Å²) in [6.07, 6.45) is 0. The van der Waals surface area contributed by atoms with E-state index in [4.69, 9.17) is 6.57 Å². The van der Waals surface area contributed by atoms with Gasteiger partial charge in [-0.2, -0.15) is 0 Å². The number of anilines is 6. The second-order valence-electron chi connectivity index (χ2n) is 24.8. The van der Waals surface area contributed by atoms with Gasteiger partial charge in [-0.05, 0) is 165 Å². The van der Waals surface area contributed by atoms with Crippen LogP contribution in [0.1, 0.15) is 38.9 Å². The van der Waals surface area contributed by atoms with Crippen molar-refractivity contribution in [3.63, 3.8) is 0 Å². The molecule has 0 atom stereocenters. The maximum atomic E-state index is 13.8. The van der Waals surface area contributed by atoms with Gasteiger partial charge in [0, 0.05) is 75.5 Å². The number of hydrogen-bond donors (Lipinski definition) is 1. The van der Waals surface area contributed by atoms with Gasteiger partial charge in [0.25, 0.3) is 35.4 Å². The van der Waals surface area contributed by atoms with Crippen LogP contribution in [0.25, 0.3) is 59.8 Å². The van der Waals surface area contributed by atoms with Gasteiger partial charge in [-0.3, -0.25) is 43.9 Å². The summed E-state index contributed by atoms with van der Waals surface area (Å²) in [5.41, 5.74) is 13.9. The molecule has 3 aliphatic rings. The van der Waals surface area contributed by atoms with E-state index in [1.165, 1.54) is 11.9 Å². The van der Waals surface area contributed by atoms with E-state index in [1.807, 2.05) is 218 Å². The Morgan fingerprint density at radius 2 is 0.551 bits per heavy atom. The van der Waals surface area contributed by atoms with E-state index in [2.05, 4.69) is 197 Å². The molecule has 0 aliphatic carbocycles. The number of hydrogen-bond acceptors (Lipinski definition) is 8. The molecular weight excluding hydrogens is 1660 g/mol. The zero-order valence-corrected chi connectivity index (χ0v) is 65.2. The minimum atomic E-state index is -0.361. The summed E-state index contributed by atoms with van der Waals surface area (Å²) in [5, 5.41) is 6.93. The first-order valence-electron chi connectivity index (χ1n) is 33.7. The highest BCUT2D eigenvalue weighted by Gasteiger charge is 2.39. The zero-order valence-electron chi connectivity index (χ0n) is 57.3. The third kappa shape index (κ3) is 16.2. The van der Waals surface area contributed by atoms with Crippen molar-refractivity contribution in [3.8, 4) is 0 Å². The van der Waals surface area contributed by atoms with Crippen molar-refractivity contribution < 1.29 is 28.8 Å². The van der Waals surface area contributed by atoms with Gasteiger partial charge in [0.15, 0.2) is 0 Å². The number of carbonyl (C=O) groups excluding carboxylic acids is 6. The SMILES string of the molecule is CN1C(=O)C(c2ccc(Br)cc2)=C(c2ccc(Br)cc2)C1=O.CN1C(=O)C(c2ccc(N(c3ccccc3)c3cccc4ccccc34)cc2)=C(c2ccc(N(c3ccccc3)c3cccc4ccccc34)cc2)C1=O.O=C1NC(=O)C(c2ccc(Br)cc2)=C1c1ccc(Br)cc1.[C-]#[N+]Cc1ccc(Br)cc1. The molecule has 17 heteroatoms. The molecule has 0 saturated heterocycles. The van der Waals surface area contributed by atoms with E-state index in [0.717, 1.165) is 111 Å². The number of nitrogens with one attached hydrogen (secondary N) is 1. The van der Waals surface area contributed by atoms with Crippen LogP contribution in [0.4, 0.5) is 34.1 Å². The number of rotatable bonds is 13. The second kappa shape index (κ2) is 33.3. The minimum absolute atomic E-state index is 0.273. The minimum Gasteiger partial charge on any atom is -0.312 e. The Labute approximate surface area is 661 Å². The predicted octanol–water partition coefficient (Wildman–Crippen LogP) is 22.6. The monoisotopic (exact) mass is 1720 g/mol. The Morgan fingerprint density at radius 1 is 0.299 bits per heavy atom. The molecule has 16 rings (SSSR count). The lowest BCUT2D eigenvalue weighted by atomic mass is 9.95. The summed E-state index contributed by atoms with van der Waals surface area (Å²) in [4.78, 5) is 86.9. The molecule has 3 aliphatic heterocycles. The standard InChI is InChI=1S/C49H35N3O2.C17H11Br2NO2.C16H9Br2NO2.C8H6BrN/c1-50-48(53)46(36-26-30-40(31-27-36)51(38-18-4-2-5-19-38)44-24-12-16-34-14-8-10-22-42(34)44)47(49(50)54)37-28-32-41(33-29-37)52(39-20-6-3-7-21-39)45-25-13-17-35-15-9-11-23-43(35)45;1-20-16(21)14(10-2-6-12(18)7-3-10)15(17(20)22)11-4-8-13(19)9-5-11;17-11-5-1-9(2-6-11)13-14(16(21)19-15(13)20)10-3-7-12(18)8-4-10;1-10-6-7-2-4-8(9)5-3-7/h2-33H,1H3;2-9H,1H3;1-8H,(H,19,20,21);2-5H,6H2. The molecule has 6 amide bonds. The van der Waals surface area contributed by atoms with Gasteiger partial charge in [-0.1, -0.05) is 274 Å². The number of nitrogens with zero attached hydrogens (tertiary/aromatic N) is 5. The smallest absolute Gasteiger partial charge is 0.261 e. The number of benzene rings is 13. The van der Waals surface area contributed by atoms with Gasteiger partial charge in [0.2, 0.25) is 6.54 Å². The number of halogens is 5. The van der Waals surface area contributed by atoms with E-state index >= 15 is 0 Å². The maximum Gasteiger partial charge on any atom is 0.261 e. The van der Waals surface area contributed by atoms with Crippen molar-refractivity contribution >= 4 is 204 Å². The van der Waals surface area contributed by atoms with Crippen LogP contribution >= 0.6 is 79.6 Å². The zero-order chi connectivity index (χ0) is 74.8. The molecule has 13 aromatic rings. The summed E-state index contributed by atoms with van der Waals surface area (Å²) in [7, 11) is 3.06. The molecule has 0 fully saturated rings. The highest BCUT2D eigenvalue weighted by atomic mass is 79.9. The topological polar surface area (TPSA) is 132 Å². The first-order valence-corrected chi connectivity index (χ1v) is 37.6. The average Bonchev–Trinajstić information content (AvgIpc) is 1.70. The Hall–Kier alpha value is -11.5. The van der Waals surface area contributed by atoms with E-state index in [-0.39, 0.29) is 35.4 Å². The lowest BCUT2D eigenvalue weighted by Crippen LogP contribution is -2.26. The van der Waals surface area contributed by atoms with Gasteiger partial charge in [0.05, 0.1) is 44.8 Å². The van der Waals surface area contributed by atoms with Gasteiger partial charge in [0.1, 0.15) is 0 Å². The molecule has 0 unspecified atom stereocenters. The molecule has 0 bridgehead atoms.